The topological polar surface area (TPSA) is 32.3 Å². The molecule has 0 saturated heterocycles. The lowest BCUT2D eigenvalue weighted by Gasteiger charge is -2.40. The van der Waals surface area contributed by atoms with E-state index >= 15 is 0 Å². The standard InChI is InChI=1S/C13H27NO/c1-3-5-12-6-8-13(11-15,9-7-12)14-10-4-2/h12,14-15H,3-11H2,1-2H3. The summed E-state index contributed by atoms with van der Waals surface area (Å²) < 4.78 is 0. The van der Waals surface area contributed by atoms with Crippen molar-refractivity contribution in [3.8, 4) is 0 Å². The fourth-order valence-electron chi connectivity index (χ4n) is 2.71. The molecule has 0 radical (unpaired) electrons. The molecule has 0 amide bonds. The van der Waals surface area contributed by atoms with Crippen molar-refractivity contribution in [1.29, 1.82) is 0 Å². The summed E-state index contributed by atoms with van der Waals surface area (Å²) in [6, 6.07) is 0. The van der Waals surface area contributed by atoms with Crippen LogP contribution in [0.25, 0.3) is 0 Å². The minimum atomic E-state index is 0.0558. The highest BCUT2D eigenvalue weighted by Crippen LogP contribution is 2.34. The third-order valence-corrected chi connectivity index (χ3v) is 3.81. The van der Waals surface area contributed by atoms with E-state index in [-0.39, 0.29) is 5.54 Å². The summed E-state index contributed by atoms with van der Waals surface area (Å²) in [7, 11) is 0. The second-order valence-electron chi connectivity index (χ2n) is 5.10. The molecule has 0 unspecified atom stereocenters. The Labute approximate surface area is 94.5 Å². The first-order valence-electron chi connectivity index (χ1n) is 6.62. The van der Waals surface area contributed by atoms with E-state index in [2.05, 4.69) is 19.2 Å². The van der Waals surface area contributed by atoms with E-state index < -0.39 is 0 Å². The van der Waals surface area contributed by atoms with Crippen LogP contribution in [-0.2, 0) is 0 Å². The summed E-state index contributed by atoms with van der Waals surface area (Å²) >= 11 is 0. The highest BCUT2D eigenvalue weighted by molar-refractivity contribution is 4.92. The number of rotatable bonds is 6. The summed E-state index contributed by atoms with van der Waals surface area (Å²) in [5.41, 5.74) is 0.0558. The van der Waals surface area contributed by atoms with Crippen molar-refractivity contribution in [2.24, 2.45) is 5.92 Å². The summed E-state index contributed by atoms with van der Waals surface area (Å²) in [6.07, 6.45) is 8.74. The molecule has 90 valence electrons. The maximum atomic E-state index is 9.52. The van der Waals surface area contributed by atoms with Gasteiger partial charge in [0.25, 0.3) is 0 Å². The zero-order valence-corrected chi connectivity index (χ0v) is 10.4. The van der Waals surface area contributed by atoms with Gasteiger partial charge in [0.1, 0.15) is 0 Å². The van der Waals surface area contributed by atoms with Crippen molar-refractivity contribution in [3.63, 3.8) is 0 Å². The lowest BCUT2D eigenvalue weighted by atomic mass is 9.75. The minimum Gasteiger partial charge on any atom is -0.394 e. The minimum absolute atomic E-state index is 0.0558. The number of hydrogen-bond donors (Lipinski definition) is 2. The SMILES string of the molecule is CCCNC1(CO)CCC(CCC)CC1. The number of aliphatic hydroxyl groups is 1. The van der Waals surface area contributed by atoms with E-state index in [1.54, 1.807) is 0 Å². The van der Waals surface area contributed by atoms with Gasteiger partial charge < -0.3 is 10.4 Å². The van der Waals surface area contributed by atoms with Crippen LogP contribution in [0.5, 0.6) is 0 Å². The largest absolute Gasteiger partial charge is 0.394 e. The second-order valence-corrected chi connectivity index (χ2v) is 5.10. The maximum Gasteiger partial charge on any atom is 0.0613 e. The van der Waals surface area contributed by atoms with Gasteiger partial charge in [-0.3, -0.25) is 0 Å². The van der Waals surface area contributed by atoms with Crippen LogP contribution in [0.15, 0.2) is 0 Å². The Bertz CT molecular complexity index is 162. The summed E-state index contributed by atoms with van der Waals surface area (Å²) in [5, 5.41) is 13.1. The third kappa shape index (κ3) is 3.76. The zero-order chi connectivity index (χ0) is 11.1. The second kappa shape index (κ2) is 6.49. The van der Waals surface area contributed by atoms with Gasteiger partial charge in [0.15, 0.2) is 0 Å². The highest BCUT2D eigenvalue weighted by atomic mass is 16.3. The maximum absolute atomic E-state index is 9.52. The van der Waals surface area contributed by atoms with Crippen molar-refractivity contribution >= 4 is 0 Å². The number of nitrogens with one attached hydrogen (secondary N) is 1. The van der Waals surface area contributed by atoms with Crippen LogP contribution in [-0.4, -0.2) is 23.8 Å². The molecule has 0 atom stereocenters. The Morgan fingerprint density at radius 1 is 1.20 bits per heavy atom. The molecule has 2 heteroatoms. The molecule has 1 saturated carbocycles. The molecule has 0 aromatic carbocycles. The van der Waals surface area contributed by atoms with E-state index in [9.17, 15) is 5.11 Å². The average molecular weight is 213 g/mol. The Morgan fingerprint density at radius 2 is 1.87 bits per heavy atom. The van der Waals surface area contributed by atoms with Crippen LogP contribution in [0.2, 0.25) is 0 Å². The molecule has 0 aromatic heterocycles. The Hall–Kier alpha value is -0.0800. The van der Waals surface area contributed by atoms with Crippen molar-refractivity contribution in [3.05, 3.63) is 0 Å². The van der Waals surface area contributed by atoms with Crippen LogP contribution >= 0.6 is 0 Å². The molecular weight excluding hydrogens is 186 g/mol. The van der Waals surface area contributed by atoms with Crippen LogP contribution in [0.4, 0.5) is 0 Å². The molecule has 0 spiro atoms. The summed E-state index contributed by atoms with van der Waals surface area (Å²) in [4.78, 5) is 0. The van der Waals surface area contributed by atoms with Gasteiger partial charge in [-0.1, -0.05) is 26.7 Å². The van der Waals surface area contributed by atoms with Crippen molar-refractivity contribution in [1.82, 2.24) is 5.32 Å². The molecule has 2 nitrogen and oxygen atoms in total. The molecule has 0 aromatic rings. The normalized spacial score (nSPS) is 31.8. The molecule has 2 N–H and O–H groups in total. The smallest absolute Gasteiger partial charge is 0.0613 e. The van der Waals surface area contributed by atoms with Crippen molar-refractivity contribution in [2.75, 3.05) is 13.2 Å². The van der Waals surface area contributed by atoms with Crippen LogP contribution in [0.1, 0.15) is 58.8 Å². The monoisotopic (exact) mass is 213 g/mol. The van der Waals surface area contributed by atoms with Gasteiger partial charge in [0.2, 0.25) is 0 Å². The lowest BCUT2D eigenvalue weighted by Crippen LogP contribution is -2.51. The zero-order valence-electron chi connectivity index (χ0n) is 10.4. The quantitative estimate of drug-likeness (QED) is 0.711. The van der Waals surface area contributed by atoms with E-state index in [1.807, 2.05) is 0 Å². The summed E-state index contributed by atoms with van der Waals surface area (Å²) in [6.45, 7) is 5.80. The fourth-order valence-corrected chi connectivity index (χ4v) is 2.71. The fraction of sp³-hybridized carbons (Fsp3) is 1.00. The van der Waals surface area contributed by atoms with Gasteiger partial charge in [-0.2, -0.15) is 0 Å². The Kier molecular flexibility index (Phi) is 5.62. The van der Waals surface area contributed by atoms with Crippen molar-refractivity contribution in [2.45, 2.75) is 64.3 Å². The molecular formula is C13H27NO. The van der Waals surface area contributed by atoms with E-state index in [0.717, 1.165) is 31.7 Å². The van der Waals surface area contributed by atoms with Crippen molar-refractivity contribution < 1.29 is 5.11 Å². The Morgan fingerprint density at radius 3 is 2.33 bits per heavy atom. The Balaban J connectivity index is 2.36. The summed E-state index contributed by atoms with van der Waals surface area (Å²) in [5.74, 6) is 0.915. The number of aliphatic hydroxyl groups excluding tert-OH is 1. The van der Waals surface area contributed by atoms with Gasteiger partial charge in [-0.25, -0.2) is 0 Å². The van der Waals surface area contributed by atoms with Crippen LogP contribution in [0.3, 0.4) is 0 Å². The highest BCUT2D eigenvalue weighted by Gasteiger charge is 2.33. The van der Waals surface area contributed by atoms with E-state index in [1.165, 1.54) is 25.7 Å². The molecule has 0 bridgehead atoms. The lowest BCUT2D eigenvalue weighted by molar-refractivity contribution is 0.100. The molecule has 0 aliphatic heterocycles. The predicted molar refractivity (Wildman–Crippen MR) is 65.0 cm³/mol. The van der Waals surface area contributed by atoms with Gasteiger partial charge in [-0.15, -0.1) is 0 Å². The third-order valence-electron chi connectivity index (χ3n) is 3.81. The first-order chi connectivity index (χ1) is 7.26. The van der Waals surface area contributed by atoms with Crippen LogP contribution in [0, 0.1) is 5.92 Å². The first kappa shape index (κ1) is 13.0. The molecule has 1 aliphatic rings. The van der Waals surface area contributed by atoms with E-state index in [0.29, 0.717) is 6.61 Å². The molecule has 1 fully saturated rings. The molecule has 1 aliphatic carbocycles. The predicted octanol–water partition coefficient (Wildman–Crippen LogP) is 2.71. The van der Waals surface area contributed by atoms with Gasteiger partial charge in [-0.05, 0) is 44.6 Å². The molecule has 0 heterocycles. The van der Waals surface area contributed by atoms with Gasteiger partial charge in [0.05, 0.1) is 6.61 Å². The number of hydrogen-bond acceptors (Lipinski definition) is 2. The van der Waals surface area contributed by atoms with Gasteiger partial charge >= 0.3 is 0 Å². The first-order valence-corrected chi connectivity index (χ1v) is 6.62. The molecule has 1 rings (SSSR count). The molecule has 15 heavy (non-hydrogen) atoms. The average Bonchev–Trinajstić information content (AvgIpc) is 2.29. The van der Waals surface area contributed by atoms with Crippen LogP contribution < -0.4 is 5.32 Å². The van der Waals surface area contributed by atoms with E-state index in [4.69, 9.17) is 0 Å². The van der Waals surface area contributed by atoms with Gasteiger partial charge in [0, 0.05) is 5.54 Å².